The van der Waals surface area contributed by atoms with Gasteiger partial charge < -0.3 is 0 Å². The molecule has 2 aliphatic rings. The van der Waals surface area contributed by atoms with E-state index in [0.717, 1.165) is 16.1 Å². The Morgan fingerprint density at radius 2 is 1.67 bits per heavy atom. The fourth-order valence-corrected chi connectivity index (χ4v) is 4.03. The van der Waals surface area contributed by atoms with Crippen molar-refractivity contribution in [1.29, 1.82) is 0 Å². The molecule has 2 atom stereocenters. The fraction of sp³-hybridized carbons (Fsp3) is 0.227. The van der Waals surface area contributed by atoms with Gasteiger partial charge >= 0.3 is 0 Å². The lowest BCUT2D eigenvalue weighted by Crippen LogP contribution is -2.49. The summed E-state index contributed by atoms with van der Waals surface area (Å²) in [4.78, 5) is 48.6. The van der Waals surface area contributed by atoms with E-state index in [4.69, 9.17) is 0 Å². The van der Waals surface area contributed by atoms with E-state index in [2.05, 4.69) is 5.43 Å². The number of benzene rings is 2. The maximum absolute atomic E-state index is 13.1. The summed E-state index contributed by atoms with van der Waals surface area (Å²) in [5.41, 5.74) is 4.91. The van der Waals surface area contributed by atoms with Gasteiger partial charge in [-0.25, -0.2) is 0 Å². The van der Waals surface area contributed by atoms with Crippen molar-refractivity contribution in [2.75, 3.05) is 0 Å². The number of fused-ring (bicyclic) bond motifs is 1. The van der Waals surface area contributed by atoms with E-state index >= 15 is 0 Å². The predicted molar refractivity (Wildman–Crippen MR) is 107 cm³/mol. The average Bonchev–Trinajstić information content (AvgIpc) is 2.99. The number of imide groups is 1. The summed E-state index contributed by atoms with van der Waals surface area (Å²) in [6, 6.07) is 12.6. The van der Waals surface area contributed by atoms with Gasteiger partial charge in [-0.1, -0.05) is 35.9 Å². The summed E-state index contributed by atoms with van der Waals surface area (Å²) in [7, 11) is 0. The molecular formula is C22H19N3O5. The first-order valence-electron chi connectivity index (χ1n) is 9.55. The highest BCUT2D eigenvalue weighted by atomic mass is 16.6. The van der Waals surface area contributed by atoms with Crippen LogP contribution in [-0.4, -0.2) is 27.7 Å². The summed E-state index contributed by atoms with van der Waals surface area (Å²) in [6.45, 7) is 1.97. The molecule has 0 radical (unpaired) electrons. The molecule has 0 saturated carbocycles. The van der Waals surface area contributed by atoms with Gasteiger partial charge in [0.15, 0.2) is 0 Å². The largest absolute Gasteiger partial charge is 0.280 e. The van der Waals surface area contributed by atoms with E-state index in [-0.39, 0.29) is 22.7 Å². The third kappa shape index (κ3) is 3.36. The predicted octanol–water partition coefficient (Wildman–Crippen LogP) is 3.36. The number of hydrazine groups is 1. The number of amides is 3. The molecule has 30 heavy (non-hydrogen) atoms. The minimum absolute atomic E-state index is 0.0196. The number of nitrogens with zero attached hydrogens (tertiary/aromatic N) is 2. The second kappa shape index (κ2) is 7.55. The number of rotatable bonds is 4. The first-order chi connectivity index (χ1) is 14.4. The van der Waals surface area contributed by atoms with Crippen LogP contribution in [0.1, 0.15) is 52.0 Å². The Bertz CT molecular complexity index is 1060. The second-order valence-electron chi connectivity index (χ2n) is 7.52. The minimum atomic E-state index is -0.557. The van der Waals surface area contributed by atoms with Crippen LogP contribution in [0.5, 0.6) is 0 Å². The topological polar surface area (TPSA) is 110 Å². The highest BCUT2D eigenvalue weighted by Crippen LogP contribution is 2.38. The lowest BCUT2D eigenvalue weighted by Gasteiger charge is -2.31. The van der Waals surface area contributed by atoms with Gasteiger partial charge in [-0.15, -0.1) is 0 Å². The number of hydrogen-bond donors (Lipinski definition) is 1. The zero-order chi connectivity index (χ0) is 21.4. The molecule has 2 aromatic rings. The van der Waals surface area contributed by atoms with Crippen molar-refractivity contribution in [3.8, 4) is 0 Å². The summed E-state index contributed by atoms with van der Waals surface area (Å²) < 4.78 is 0. The third-order valence-corrected chi connectivity index (χ3v) is 5.63. The van der Waals surface area contributed by atoms with E-state index in [1.807, 2.05) is 13.0 Å². The van der Waals surface area contributed by atoms with Crippen molar-refractivity contribution in [3.63, 3.8) is 0 Å². The van der Waals surface area contributed by atoms with Crippen LogP contribution in [0.2, 0.25) is 0 Å². The molecule has 0 fully saturated rings. The highest BCUT2D eigenvalue weighted by molar-refractivity contribution is 6.21. The Hall–Kier alpha value is -3.81. The Morgan fingerprint density at radius 3 is 2.23 bits per heavy atom. The first kappa shape index (κ1) is 19.5. The Kier molecular flexibility index (Phi) is 4.91. The van der Waals surface area contributed by atoms with Crippen LogP contribution in [0, 0.1) is 16.0 Å². The van der Waals surface area contributed by atoms with Crippen LogP contribution in [0.3, 0.4) is 0 Å². The molecule has 1 aliphatic heterocycles. The second-order valence-corrected chi connectivity index (χ2v) is 7.52. The Labute approximate surface area is 172 Å². The van der Waals surface area contributed by atoms with Crippen LogP contribution in [0.25, 0.3) is 0 Å². The summed E-state index contributed by atoms with van der Waals surface area (Å²) in [5.74, 6) is -2.28. The summed E-state index contributed by atoms with van der Waals surface area (Å²) in [5, 5.41) is 11.7. The van der Waals surface area contributed by atoms with Gasteiger partial charge in [-0.2, -0.15) is 5.01 Å². The maximum Gasteiger partial charge on any atom is 0.280 e. The maximum atomic E-state index is 13.1. The van der Waals surface area contributed by atoms with Gasteiger partial charge in [0, 0.05) is 12.1 Å². The number of non-ortho nitro benzene ring substituents is 1. The molecule has 1 heterocycles. The summed E-state index contributed by atoms with van der Waals surface area (Å²) >= 11 is 0. The molecule has 3 amide bonds. The molecule has 0 saturated heterocycles. The van der Waals surface area contributed by atoms with Gasteiger partial charge in [0.2, 0.25) is 5.91 Å². The van der Waals surface area contributed by atoms with Gasteiger partial charge in [0.25, 0.3) is 17.5 Å². The molecule has 0 aromatic heterocycles. The molecule has 0 bridgehead atoms. The van der Waals surface area contributed by atoms with Crippen molar-refractivity contribution in [2.45, 2.75) is 25.7 Å². The number of nitrogens with one attached hydrogen (secondary N) is 1. The van der Waals surface area contributed by atoms with Crippen LogP contribution in [0.15, 0.2) is 60.2 Å². The highest BCUT2D eigenvalue weighted by Gasteiger charge is 2.39. The Balaban J connectivity index is 1.57. The monoisotopic (exact) mass is 405 g/mol. The number of carbonyl (C=O) groups is 3. The third-order valence-electron chi connectivity index (χ3n) is 5.63. The zero-order valence-electron chi connectivity index (χ0n) is 16.2. The standard InChI is InChI=1S/C22H19N3O5/c1-13-6-11-16(19(12-13)14-7-9-15(10-8-14)25(29)30)20(26)23-24-21(27)17-4-2-3-5-18(17)22(24)28/h2-10,16,19H,11-12H2,1H3,(H,23,26). The smallest absolute Gasteiger partial charge is 0.273 e. The number of carbonyl (C=O) groups excluding carboxylic acids is 3. The van der Waals surface area contributed by atoms with Crippen molar-refractivity contribution >= 4 is 23.4 Å². The average molecular weight is 405 g/mol. The van der Waals surface area contributed by atoms with Gasteiger partial charge in [0.05, 0.1) is 22.0 Å². The summed E-state index contributed by atoms with van der Waals surface area (Å²) in [6.07, 6.45) is 3.02. The van der Waals surface area contributed by atoms with Crippen molar-refractivity contribution in [1.82, 2.24) is 10.4 Å². The van der Waals surface area contributed by atoms with E-state index in [1.54, 1.807) is 36.4 Å². The van der Waals surface area contributed by atoms with Crippen LogP contribution < -0.4 is 5.43 Å². The lowest BCUT2D eigenvalue weighted by molar-refractivity contribution is -0.384. The quantitative estimate of drug-likeness (QED) is 0.363. The number of allylic oxidation sites excluding steroid dienone is 2. The van der Waals surface area contributed by atoms with Crippen LogP contribution in [-0.2, 0) is 4.79 Å². The lowest BCUT2D eigenvalue weighted by atomic mass is 9.75. The van der Waals surface area contributed by atoms with Crippen LogP contribution >= 0.6 is 0 Å². The first-order valence-corrected chi connectivity index (χ1v) is 9.55. The van der Waals surface area contributed by atoms with Crippen molar-refractivity contribution in [3.05, 3.63) is 87.0 Å². The molecule has 2 unspecified atom stereocenters. The normalized spacial score (nSPS) is 20.6. The van der Waals surface area contributed by atoms with Gasteiger partial charge in [0.1, 0.15) is 0 Å². The van der Waals surface area contributed by atoms with E-state index in [0.29, 0.717) is 12.8 Å². The van der Waals surface area contributed by atoms with Crippen molar-refractivity contribution in [2.24, 2.45) is 5.92 Å². The molecule has 152 valence electrons. The molecule has 0 spiro atoms. The van der Waals surface area contributed by atoms with E-state index < -0.39 is 28.6 Å². The minimum Gasteiger partial charge on any atom is -0.273 e. The number of hydrogen-bond acceptors (Lipinski definition) is 5. The van der Waals surface area contributed by atoms with Crippen LogP contribution in [0.4, 0.5) is 5.69 Å². The zero-order valence-corrected chi connectivity index (χ0v) is 16.2. The number of nitro benzene ring substituents is 1. The van der Waals surface area contributed by atoms with E-state index in [9.17, 15) is 24.5 Å². The van der Waals surface area contributed by atoms with Gasteiger partial charge in [-0.3, -0.25) is 29.9 Å². The Morgan fingerprint density at radius 1 is 1.07 bits per heavy atom. The molecule has 1 aliphatic carbocycles. The fourth-order valence-electron chi connectivity index (χ4n) is 4.03. The molecular weight excluding hydrogens is 386 g/mol. The van der Waals surface area contributed by atoms with Crippen molar-refractivity contribution < 1.29 is 19.3 Å². The SMILES string of the molecule is CC1=CCC(C(=O)NN2C(=O)c3ccccc3C2=O)C(c2ccc([N+](=O)[O-])cc2)C1. The number of nitro groups is 1. The molecule has 1 N–H and O–H groups in total. The molecule has 8 nitrogen and oxygen atoms in total. The van der Waals surface area contributed by atoms with E-state index in [1.165, 1.54) is 12.1 Å². The molecule has 4 rings (SSSR count). The molecule has 2 aromatic carbocycles. The van der Waals surface area contributed by atoms with Gasteiger partial charge in [-0.05, 0) is 43.4 Å². The molecule has 8 heteroatoms.